The van der Waals surface area contributed by atoms with Crippen molar-refractivity contribution >= 4 is 11.8 Å². The third-order valence-corrected chi connectivity index (χ3v) is 7.56. The van der Waals surface area contributed by atoms with E-state index >= 15 is 0 Å². The monoisotopic (exact) mass is 433 g/mol. The van der Waals surface area contributed by atoms with Crippen LogP contribution >= 0.6 is 11.8 Å². The van der Waals surface area contributed by atoms with Crippen LogP contribution < -0.4 is 10.1 Å². The average Bonchev–Trinajstić information content (AvgIpc) is 2.81. The van der Waals surface area contributed by atoms with Crippen LogP contribution in [0.15, 0.2) is 66.7 Å². The molecule has 0 bridgehead atoms. The van der Waals surface area contributed by atoms with E-state index in [-0.39, 0.29) is 11.4 Å². The standard InChI is InChI=1S/C27H28FNOS/c28-25-8-3-21(4-9-25)19-31-18-20-1-5-22(6-2-20)23-7-10-26-24(17-23)11-12-27(30-26)13-15-29-16-14-27/h1-10,17,29H,11-16,18-19H2. The van der Waals surface area contributed by atoms with E-state index in [0.717, 1.165) is 61.6 Å². The summed E-state index contributed by atoms with van der Waals surface area (Å²) in [5.74, 6) is 2.74. The molecule has 1 N–H and O–H groups in total. The Labute approximate surface area is 188 Å². The molecule has 3 aromatic carbocycles. The number of ether oxygens (including phenoxy) is 1. The lowest BCUT2D eigenvalue weighted by Gasteiger charge is -2.41. The molecule has 2 heterocycles. The second kappa shape index (κ2) is 9.05. The summed E-state index contributed by atoms with van der Waals surface area (Å²) in [4.78, 5) is 0. The maximum atomic E-state index is 13.0. The van der Waals surface area contributed by atoms with Crippen LogP contribution in [0.4, 0.5) is 4.39 Å². The summed E-state index contributed by atoms with van der Waals surface area (Å²) in [7, 11) is 0. The molecule has 160 valence electrons. The number of hydrogen-bond acceptors (Lipinski definition) is 3. The summed E-state index contributed by atoms with van der Waals surface area (Å²) in [5, 5.41) is 3.44. The molecule has 0 aliphatic carbocycles. The molecule has 3 aromatic rings. The summed E-state index contributed by atoms with van der Waals surface area (Å²) >= 11 is 1.85. The highest BCUT2D eigenvalue weighted by atomic mass is 32.2. The molecule has 1 fully saturated rings. The van der Waals surface area contributed by atoms with Crippen LogP contribution in [0.25, 0.3) is 11.1 Å². The van der Waals surface area contributed by atoms with Gasteiger partial charge in [0.2, 0.25) is 0 Å². The molecule has 0 aromatic heterocycles. The van der Waals surface area contributed by atoms with Crippen molar-refractivity contribution in [2.75, 3.05) is 13.1 Å². The number of benzene rings is 3. The Bertz CT molecular complexity index is 1030. The summed E-state index contributed by atoms with van der Waals surface area (Å²) in [6.45, 7) is 2.11. The van der Waals surface area contributed by atoms with Crippen LogP contribution in [0.2, 0.25) is 0 Å². The molecule has 0 amide bonds. The lowest BCUT2D eigenvalue weighted by molar-refractivity contribution is 0.0170. The molecule has 0 saturated carbocycles. The lowest BCUT2D eigenvalue weighted by Crippen LogP contribution is -2.48. The van der Waals surface area contributed by atoms with E-state index < -0.39 is 0 Å². The third-order valence-electron chi connectivity index (χ3n) is 6.49. The minimum Gasteiger partial charge on any atom is -0.487 e. The van der Waals surface area contributed by atoms with Crippen molar-refractivity contribution in [1.29, 1.82) is 0 Å². The van der Waals surface area contributed by atoms with Gasteiger partial charge in [-0.1, -0.05) is 42.5 Å². The van der Waals surface area contributed by atoms with Crippen LogP contribution in [-0.2, 0) is 17.9 Å². The van der Waals surface area contributed by atoms with Gasteiger partial charge in [-0.3, -0.25) is 0 Å². The lowest BCUT2D eigenvalue weighted by atomic mass is 9.83. The maximum Gasteiger partial charge on any atom is 0.123 e. The summed E-state index contributed by atoms with van der Waals surface area (Å²) in [6.07, 6.45) is 4.43. The van der Waals surface area contributed by atoms with Gasteiger partial charge in [-0.15, -0.1) is 0 Å². The van der Waals surface area contributed by atoms with Crippen molar-refractivity contribution in [2.45, 2.75) is 42.8 Å². The minimum atomic E-state index is -0.177. The zero-order valence-corrected chi connectivity index (χ0v) is 18.5. The molecule has 0 radical (unpaired) electrons. The second-order valence-electron chi connectivity index (χ2n) is 8.67. The van der Waals surface area contributed by atoms with Crippen molar-refractivity contribution in [3.63, 3.8) is 0 Å². The van der Waals surface area contributed by atoms with E-state index in [1.54, 1.807) is 0 Å². The molecule has 0 atom stereocenters. The zero-order valence-electron chi connectivity index (χ0n) is 17.7. The Balaban J connectivity index is 1.21. The van der Waals surface area contributed by atoms with Crippen LogP contribution in [-0.4, -0.2) is 18.7 Å². The molecule has 2 aliphatic heterocycles. The zero-order chi connectivity index (χ0) is 21.1. The normalized spacial score (nSPS) is 17.2. The summed E-state index contributed by atoms with van der Waals surface area (Å²) in [6, 6.07) is 22.3. The fourth-order valence-corrected chi connectivity index (χ4v) is 5.55. The van der Waals surface area contributed by atoms with Gasteiger partial charge in [-0.2, -0.15) is 11.8 Å². The molecule has 1 spiro atoms. The number of rotatable bonds is 5. The molecule has 4 heteroatoms. The SMILES string of the molecule is Fc1ccc(CSCc2ccc(-c3ccc4c(c3)CCC3(CCNCC3)O4)cc2)cc1. The smallest absolute Gasteiger partial charge is 0.123 e. The highest BCUT2D eigenvalue weighted by Crippen LogP contribution is 2.39. The van der Waals surface area contributed by atoms with E-state index in [0.29, 0.717) is 0 Å². The Morgan fingerprint density at radius 2 is 1.45 bits per heavy atom. The first-order valence-corrected chi connectivity index (χ1v) is 12.3. The van der Waals surface area contributed by atoms with Gasteiger partial charge in [0.05, 0.1) is 0 Å². The molecule has 1 saturated heterocycles. The first-order chi connectivity index (χ1) is 15.2. The predicted molar refractivity (Wildman–Crippen MR) is 127 cm³/mol. The van der Waals surface area contributed by atoms with E-state index in [9.17, 15) is 4.39 Å². The number of hydrogen-bond donors (Lipinski definition) is 1. The number of piperidine rings is 1. The van der Waals surface area contributed by atoms with E-state index in [4.69, 9.17) is 4.74 Å². The number of aryl methyl sites for hydroxylation is 1. The molecule has 2 nitrogen and oxygen atoms in total. The van der Waals surface area contributed by atoms with Crippen LogP contribution in [0.3, 0.4) is 0 Å². The Morgan fingerprint density at radius 3 is 2.16 bits per heavy atom. The largest absolute Gasteiger partial charge is 0.487 e. The van der Waals surface area contributed by atoms with E-state index in [1.165, 1.54) is 34.4 Å². The van der Waals surface area contributed by atoms with E-state index in [1.807, 2.05) is 23.9 Å². The first kappa shape index (κ1) is 20.6. The molecule has 31 heavy (non-hydrogen) atoms. The maximum absolute atomic E-state index is 13.0. The van der Waals surface area contributed by atoms with Crippen molar-refractivity contribution in [1.82, 2.24) is 5.32 Å². The Hall–Kier alpha value is -2.30. The predicted octanol–water partition coefficient (Wildman–Crippen LogP) is 6.37. The third kappa shape index (κ3) is 4.81. The number of thioether (sulfide) groups is 1. The van der Waals surface area contributed by atoms with Gasteiger partial charge in [-0.25, -0.2) is 4.39 Å². The second-order valence-corrected chi connectivity index (χ2v) is 9.66. The van der Waals surface area contributed by atoms with Crippen LogP contribution in [0, 0.1) is 5.82 Å². The highest BCUT2D eigenvalue weighted by molar-refractivity contribution is 7.97. The average molecular weight is 434 g/mol. The number of fused-ring (bicyclic) bond motifs is 1. The van der Waals surface area contributed by atoms with Crippen molar-refractivity contribution in [3.05, 3.63) is 89.2 Å². The highest BCUT2D eigenvalue weighted by Gasteiger charge is 2.37. The molecular formula is C27H28FNOS. The first-order valence-electron chi connectivity index (χ1n) is 11.1. The van der Waals surface area contributed by atoms with Gasteiger partial charge in [0.15, 0.2) is 0 Å². The van der Waals surface area contributed by atoms with Crippen molar-refractivity contribution in [3.8, 4) is 16.9 Å². The summed E-state index contributed by atoms with van der Waals surface area (Å²) in [5.41, 5.74) is 6.36. The fraction of sp³-hybridized carbons (Fsp3) is 0.333. The quantitative estimate of drug-likeness (QED) is 0.505. The Morgan fingerprint density at radius 1 is 0.806 bits per heavy atom. The minimum absolute atomic E-state index is 0.0486. The fourth-order valence-electron chi connectivity index (χ4n) is 4.60. The molecular weight excluding hydrogens is 405 g/mol. The molecule has 0 unspecified atom stereocenters. The van der Waals surface area contributed by atoms with Gasteiger partial charge in [0.1, 0.15) is 17.2 Å². The molecule has 2 aliphatic rings. The number of halogens is 1. The van der Waals surface area contributed by atoms with Gasteiger partial charge < -0.3 is 10.1 Å². The van der Waals surface area contributed by atoms with Crippen molar-refractivity contribution in [2.24, 2.45) is 0 Å². The number of nitrogens with one attached hydrogen (secondary N) is 1. The van der Waals surface area contributed by atoms with Crippen LogP contribution in [0.1, 0.15) is 36.0 Å². The topological polar surface area (TPSA) is 21.3 Å². The van der Waals surface area contributed by atoms with Gasteiger partial charge >= 0.3 is 0 Å². The molecule has 5 rings (SSSR count). The van der Waals surface area contributed by atoms with E-state index in [2.05, 4.69) is 47.8 Å². The van der Waals surface area contributed by atoms with Gasteiger partial charge in [0.25, 0.3) is 0 Å². The Kier molecular flexibility index (Phi) is 6.02. The summed E-state index contributed by atoms with van der Waals surface area (Å²) < 4.78 is 19.5. The van der Waals surface area contributed by atoms with Gasteiger partial charge in [0, 0.05) is 11.5 Å². The van der Waals surface area contributed by atoms with Crippen molar-refractivity contribution < 1.29 is 9.13 Å². The van der Waals surface area contributed by atoms with Crippen LogP contribution in [0.5, 0.6) is 5.75 Å². The van der Waals surface area contributed by atoms with Gasteiger partial charge in [-0.05, 0) is 90.9 Å².